The van der Waals surface area contributed by atoms with Gasteiger partial charge in [0.05, 0.1) is 17.6 Å². The van der Waals surface area contributed by atoms with Gasteiger partial charge in [-0.15, -0.1) is 0 Å². The van der Waals surface area contributed by atoms with Gasteiger partial charge in [-0.25, -0.2) is 4.67 Å². The van der Waals surface area contributed by atoms with Crippen molar-refractivity contribution in [3.8, 4) is 0 Å². The molecule has 0 aromatic heterocycles. The molecule has 0 spiro atoms. The van der Waals surface area contributed by atoms with Crippen molar-refractivity contribution in [1.82, 2.24) is 4.67 Å². The summed E-state index contributed by atoms with van der Waals surface area (Å²) in [5.41, 5.74) is 10.9. The lowest BCUT2D eigenvalue weighted by Crippen LogP contribution is -2.37. The van der Waals surface area contributed by atoms with Gasteiger partial charge in [-0.05, 0) is 31.4 Å². The summed E-state index contributed by atoms with van der Waals surface area (Å²) in [6, 6.07) is 0.127. The van der Waals surface area contributed by atoms with E-state index in [0.29, 0.717) is 19.7 Å². The van der Waals surface area contributed by atoms with E-state index in [1.165, 1.54) is 0 Å². The molecule has 1 heterocycles. The first-order valence-electron chi connectivity index (χ1n) is 7.69. The summed E-state index contributed by atoms with van der Waals surface area (Å²) in [6.45, 7) is 10.1. The molecular formula is C14H31N4O2PS. The predicted molar refractivity (Wildman–Crippen MR) is 96.4 cm³/mol. The Labute approximate surface area is 138 Å². The van der Waals surface area contributed by atoms with E-state index in [4.69, 9.17) is 16.0 Å². The number of aliphatic imine (C=N–C) groups is 1. The molecule has 1 fully saturated rings. The van der Waals surface area contributed by atoms with Gasteiger partial charge in [-0.2, -0.15) is 11.8 Å². The molecule has 0 radical (unpaired) electrons. The normalized spacial score (nSPS) is 22.0. The van der Waals surface area contributed by atoms with Gasteiger partial charge >= 0.3 is 0 Å². The fourth-order valence-corrected chi connectivity index (χ4v) is 6.15. The maximum Gasteiger partial charge on any atom is 0.284 e. The molecule has 2 atom stereocenters. The van der Waals surface area contributed by atoms with Crippen molar-refractivity contribution in [1.29, 1.82) is 0 Å². The zero-order valence-electron chi connectivity index (χ0n) is 14.4. The van der Waals surface area contributed by atoms with Crippen molar-refractivity contribution in [3.05, 3.63) is 0 Å². The van der Waals surface area contributed by atoms with Crippen molar-refractivity contribution in [2.45, 2.75) is 51.6 Å². The first kappa shape index (κ1) is 19.8. The lowest BCUT2D eigenvalue weighted by atomic mass is 9.99. The maximum absolute atomic E-state index is 13.5. The minimum atomic E-state index is -2.86. The summed E-state index contributed by atoms with van der Waals surface area (Å²) < 4.78 is 21.5. The van der Waals surface area contributed by atoms with Crippen molar-refractivity contribution in [2.75, 3.05) is 26.0 Å². The lowest BCUT2D eigenvalue weighted by molar-refractivity contribution is 0.169. The third kappa shape index (κ3) is 5.76. The van der Waals surface area contributed by atoms with Crippen LogP contribution in [0, 0.1) is 5.41 Å². The molecule has 4 N–H and O–H groups in total. The summed E-state index contributed by atoms with van der Waals surface area (Å²) in [4.78, 5) is 4.17. The largest absolute Gasteiger partial charge is 0.370 e. The maximum atomic E-state index is 13.5. The summed E-state index contributed by atoms with van der Waals surface area (Å²) >= 11 is 1.59. The van der Waals surface area contributed by atoms with Gasteiger partial charge in [0.1, 0.15) is 0 Å². The minimum Gasteiger partial charge on any atom is -0.370 e. The van der Waals surface area contributed by atoms with Crippen LogP contribution in [0.5, 0.6) is 0 Å². The Bertz CT molecular complexity index is 427. The zero-order valence-corrected chi connectivity index (χ0v) is 16.1. The highest BCUT2D eigenvalue weighted by Crippen LogP contribution is 2.59. The van der Waals surface area contributed by atoms with Crippen LogP contribution in [0.4, 0.5) is 0 Å². The third-order valence-electron chi connectivity index (χ3n) is 3.65. The second kappa shape index (κ2) is 8.04. The molecule has 1 saturated heterocycles. The number of rotatable bonds is 6. The Hall–Kier alpha value is -0.230. The Morgan fingerprint density at radius 3 is 2.36 bits per heavy atom. The molecule has 1 aliphatic heterocycles. The zero-order chi connectivity index (χ0) is 17.0. The third-order valence-corrected chi connectivity index (χ3v) is 8.37. The van der Waals surface area contributed by atoms with Crippen molar-refractivity contribution in [2.24, 2.45) is 21.9 Å². The molecule has 0 bridgehead atoms. The molecule has 0 aromatic carbocycles. The van der Waals surface area contributed by atoms with Crippen LogP contribution in [0.2, 0.25) is 0 Å². The van der Waals surface area contributed by atoms with E-state index < -0.39 is 7.52 Å². The molecule has 0 aliphatic carbocycles. The predicted octanol–water partition coefficient (Wildman–Crippen LogP) is 2.69. The van der Waals surface area contributed by atoms with Crippen LogP contribution in [0.1, 0.15) is 40.5 Å². The number of guanidine groups is 1. The van der Waals surface area contributed by atoms with E-state index in [0.717, 1.165) is 12.8 Å². The number of nitrogens with zero attached hydrogens (tertiary/aromatic N) is 2. The molecular weight excluding hydrogens is 319 g/mol. The minimum absolute atomic E-state index is 0.00952. The van der Waals surface area contributed by atoms with Gasteiger partial charge < -0.3 is 16.0 Å². The standard InChI is InChI=1S/C14H31N4O2PS/c1-11(22-5)21(19,20-10-14(2,3)4)18-8-6-12(7-9-18)17-13(15)16/h11-12H,6-10H2,1-5H3,(H4,15,16,17). The van der Waals surface area contributed by atoms with Crippen molar-refractivity contribution >= 4 is 25.2 Å². The first-order chi connectivity index (χ1) is 10.1. The van der Waals surface area contributed by atoms with Gasteiger partial charge in [0.15, 0.2) is 5.96 Å². The molecule has 8 heteroatoms. The van der Waals surface area contributed by atoms with Gasteiger partial charge in [0.25, 0.3) is 7.52 Å². The Kier molecular flexibility index (Phi) is 7.24. The van der Waals surface area contributed by atoms with E-state index in [1.54, 1.807) is 11.8 Å². The SMILES string of the molecule is CSC(C)P(=O)(OCC(C)(C)C)N1CCC(N=C(N)N)CC1. The highest BCUT2D eigenvalue weighted by atomic mass is 32.2. The number of hydrogen-bond acceptors (Lipinski definition) is 4. The first-order valence-corrected chi connectivity index (χ1v) is 10.6. The van der Waals surface area contributed by atoms with Crippen LogP contribution in [0.15, 0.2) is 4.99 Å². The molecule has 0 saturated carbocycles. The van der Waals surface area contributed by atoms with E-state index in [2.05, 4.69) is 25.8 Å². The van der Waals surface area contributed by atoms with Gasteiger partial charge in [-0.1, -0.05) is 20.8 Å². The Morgan fingerprint density at radius 1 is 1.41 bits per heavy atom. The summed E-state index contributed by atoms with van der Waals surface area (Å²) in [5, 5.41) is 0. The van der Waals surface area contributed by atoms with Gasteiger partial charge in [0.2, 0.25) is 0 Å². The average molecular weight is 350 g/mol. The topological polar surface area (TPSA) is 93.9 Å². The highest BCUT2D eigenvalue weighted by Gasteiger charge is 2.40. The van der Waals surface area contributed by atoms with Crippen LogP contribution in [-0.2, 0) is 9.09 Å². The van der Waals surface area contributed by atoms with Crippen LogP contribution in [-0.4, -0.2) is 47.6 Å². The fraction of sp³-hybridized carbons (Fsp3) is 0.929. The summed E-state index contributed by atoms with van der Waals surface area (Å²) in [6.07, 6.45) is 3.59. The summed E-state index contributed by atoms with van der Waals surface area (Å²) in [5.74, 6) is 0.128. The van der Waals surface area contributed by atoms with Crippen molar-refractivity contribution < 1.29 is 9.09 Å². The molecule has 2 unspecified atom stereocenters. The number of nitrogens with two attached hydrogens (primary N) is 2. The number of piperidine rings is 1. The van der Waals surface area contributed by atoms with Crippen LogP contribution >= 0.6 is 19.3 Å². The molecule has 22 heavy (non-hydrogen) atoms. The van der Waals surface area contributed by atoms with Crippen LogP contribution < -0.4 is 11.5 Å². The second-order valence-electron chi connectivity index (χ2n) is 6.97. The van der Waals surface area contributed by atoms with E-state index in [1.807, 2.05) is 17.8 Å². The Morgan fingerprint density at radius 2 is 1.95 bits per heavy atom. The number of thioether (sulfide) groups is 1. The number of hydrogen-bond donors (Lipinski definition) is 2. The molecule has 0 aromatic rings. The molecule has 1 aliphatic rings. The Balaban J connectivity index is 2.78. The molecule has 6 nitrogen and oxygen atoms in total. The smallest absolute Gasteiger partial charge is 0.284 e. The van der Waals surface area contributed by atoms with E-state index in [-0.39, 0.29) is 22.4 Å². The van der Waals surface area contributed by atoms with E-state index >= 15 is 0 Å². The van der Waals surface area contributed by atoms with Crippen molar-refractivity contribution in [3.63, 3.8) is 0 Å². The highest BCUT2D eigenvalue weighted by molar-refractivity contribution is 8.05. The summed E-state index contributed by atoms with van der Waals surface area (Å²) in [7, 11) is -2.86. The van der Waals surface area contributed by atoms with E-state index in [9.17, 15) is 4.57 Å². The molecule has 130 valence electrons. The fourth-order valence-electron chi connectivity index (χ4n) is 2.31. The van der Waals surface area contributed by atoms with Gasteiger partial charge in [-0.3, -0.25) is 9.56 Å². The van der Waals surface area contributed by atoms with Gasteiger partial charge in [0, 0.05) is 13.1 Å². The quantitative estimate of drug-likeness (QED) is 0.434. The monoisotopic (exact) mass is 350 g/mol. The van der Waals surface area contributed by atoms with Crippen LogP contribution in [0.3, 0.4) is 0 Å². The lowest BCUT2D eigenvalue weighted by Gasteiger charge is -2.39. The molecule has 0 amide bonds. The molecule has 1 rings (SSSR count). The second-order valence-corrected chi connectivity index (χ2v) is 11.2. The van der Waals surface area contributed by atoms with Crippen LogP contribution in [0.25, 0.3) is 0 Å². The average Bonchev–Trinajstić information content (AvgIpc) is 2.43.